The minimum atomic E-state index is 0.00211. The van der Waals surface area contributed by atoms with Crippen LogP contribution < -0.4 is 0 Å². The Morgan fingerprint density at radius 2 is 0.647 bits per heavy atom. The maximum Gasteiger partial charge on any atom is -0.0120 e. The van der Waals surface area contributed by atoms with E-state index in [4.69, 9.17) is 0 Å². The summed E-state index contributed by atoms with van der Waals surface area (Å²) in [7, 11) is 0. The fourth-order valence-corrected chi connectivity index (χ4v) is 4.79. The summed E-state index contributed by atoms with van der Waals surface area (Å²) >= 11 is 0. The van der Waals surface area contributed by atoms with Crippen LogP contribution in [-0.4, -0.2) is 0 Å². The van der Waals surface area contributed by atoms with Gasteiger partial charge in [0.25, 0.3) is 0 Å². The minimum Gasteiger partial charge on any atom is -0.0622 e. The molecule has 0 fully saturated rings. The molecule has 166 valence electrons. The van der Waals surface area contributed by atoms with E-state index >= 15 is 0 Å². The van der Waals surface area contributed by atoms with Crippen LogP contribution in [0.3, 0.4) is 0 Å². The van der Waals surface area contributed by atoms with Crippen LogP contribution in [-0.2, 0) is 5.41 Å². The van der Waals surface area contributed by atoms with E-state index in [1.165, 1.54) is 50.1 Å². The maximum absolute atomic E-state index is 2.31. The second kappa shape index (κ2) is 9.15. The van der Waals surface area contributed by atoms with Gasteiger partial charge in [0.15, 0.2) is 0 Å². The molecule has 0 heterocycles. The Bertz CT molecular complexity index is 1270. The van der Waals surface area contributed by atoms with E-state index in [2.05, 4.69) is 148 Å². The third-order valence-electron chi connectivity index (χ3n) is 6.42. The molecule has 0 spiro atoms. The predicted molar refractivity (Wildman–Crippen MR) is 147 cm³/mol. The Kier molecular flexibility index (Phi) is 5.90. The van der Waals surface area contributed by atoms with Crippen LogP contribution >= 0.6 is 0 Å². The highest BCUT2D eigenvalue weighted by Crippen LogP contribution is 2.41. The number of benzene rings is 5. The second-order valence-corrected chi connectivity index (χ2v) is 9.86. The predicted octanol–water partition coefficient (Wildman–Crippen LogP) is 9.65. The first-order valence-corrected chi connectivity index (χ1v) is 12.0. The fourth-order valence-electron chi connectivity index (χ4n) is 4.79. The highest BCUT2D eigenvalue weighted by atomic mass is 14.3. The Hall–Kier alpha value is -3.90. The molecule has 0 aromatic heterocycles. The Labute approximate surface area is 203 Å². The summed E-state index contributed by atoms with van der Waals surface area (Å²) in [5.41, 5.74) is 11.5. The Balaban J connectivity index is 1.57. The summed E-state index contributed by atoms with van der Waals surface area (Å²) in [5, 5.41) is 0. The van der Waals surface area contributed by atoms with Crippen LogP contribution in [0.15, 0.2) is 127 Å². The van der Waals surface area contributed by atoms with E-state index in [1.807, 2.05) is 0 Å². The highest BCUT2D eigenvalue weighted by Gasteiger charge is 2.23. The molecule has 0 aliphatic heterocycles. The fraction of sp³-hybridized carbons (Fsp3) is 0.118. The van der Waals surface area contributed by atoms with Gasteiger partial charge in [-0.25, -0.2) is 0 Å². The molecular formula is C34H30. The molecule has 0 unspecified atom stereocenters. The SMILES string of the molecule is CC(C)(C)c1c(-c2ccc(-c3ccccc3)cc2)cccc1-c1ccc(-c2ccccc2)cc1. The van der Waals surface area contributed by atoms with Gasteiger partial charge in [-0.3, -0.25) is 0 Å². The maximum atomic E-state index is 2.31. The highest BCUT2D eigenvalue weighted by molar-refractivity contribution is 5.82. The average molecular weight is 439 g/mol. The van der Waals surface area contributed by atoms with Gasteiger partial charge in [-0.05, 0) is 55.5 Å². The number of hydrogen-bond donors (Lipinski definition) is 0. The van der Waals surface area contributed by atoms with Crippen LogP contribution in [0.25, 0.3) is 44.5 Å². The van der Waals surface area contributed by atoms with Crippen molar-refractivity contribution in [1.29, 1.82) is 0 Å². The number of rotatable bonds is 4. The van der Waals surface area contributed by atoms with E-state index in [-0.39, 0.29) is 5.41 Å². The summed E-state index contributed by atoms with van der Waals surface area (Å²) in [6.45, 7) is 6.93. The van der Waals surface area contributed by atoms with Crippen molar-refractivity contribution < 1.29 is 0 Å². The first kappa shape index (κ1) is 21.9. The van der Waals surface area contributed by atoms with E-state index in [0.717, 1.165) is 0 Å². The lowest BCUT2D eigenvalue weighted by molar-refractivity contribution is 0.593. The zero-order chi connectivity index (χ0) is 23.5. The van der Waals surface area contributed by atoms with Gasteiger partial charge in [-0.2, -0.15) is 0 Å². The Morgan fingerprint density at radius 3 is 1.00 bits per heavy atom. The van der Waals surface area contributed by atoms with Gasteiger partial charge >= 0.3 is 0 Å². The molecule has 0 heteroatoms. The third kappa shape index (κ3) is 4.45. The van der Waals surface area contributed by atoms with Gasteiger partial charge in [0, 0.05) is 0 Å². The molecular weight excluding hydrogens is 408 g/mol. The van der Waals surface area contributed by atoms with Gasteiger partial charge in [-0.1, -0.05) is 148 Å². The molecule has 0 aliphatic carbocycles. The first-order chi connectivity index (χ1) is 16.5. The lowest BCUT2D eigenvalue weighted by Crippen LogP contribution is -2.14. The second-order valence-electron chi connectivity index (χ2n) is 9.86. The van der Waals surface area contributed by atoms with Crippen molar-refractivity contribution in [3.05, 3.63) is 133 Å². The van der Waals surface area contributed by atoms with E-state index in [9.17, 15) is 0 Å². The molecule has 0 nitrogen and oxygen atoms in total. The summed E-state index contributed by atoms with van der Waals surface area (Å²) in [5.74, 6) is 0. The normalized spacial score (nSPS) is 11.4. The molecule has 0 radical (unpaired) electrons. The standard InChI is InChI=1S/C34H30/c1-34(2,3)33-31(29-21-17-27(18-22-29)25-11-6-4-7-12-25)15-10-16-32(33)30-23-19-28(20-24-30)26-13-8-5-9-14-26/h4-24H,1-3H3. The van der Waals surface area contributed by atoms with Gasteiger partial charge in [0.05, 0.1) is 0 Å². The quantitative estimate of drug-likeness (QED) is 0.262. The molecule has 0 N–H and O–H groups in total. The zero-order valence-corrected chi connectivity index (χ0v) is 20.1. The van der Waals surface area contributed by atoms with Crippen molar-refractivity contribution in [3.63, 3.8) is 0 Å². The monoisotopic (exact) mass is 438 g/mol. The molecule has 34 heavy (non-hydrogen) atoms. The molecule has 5 aromatic rings. The molecule has 5 rings (SSSR count). The van der Waals surface area contributed by atoms with Gasteiger partial charge in [0.1, 0.15) is 0 Å². The zero-order valence-electron chi connectivity index (χ0n) is 20.1. The van der Waals surface area contributed by atoms with Crippen molar-refractivity contribution in [3.8, 4) is 44.5 Å². The first-order valence-electron chi connectivity index (χ1n) is 12.0. The molecule has 0 atom stereocenters. The average Bonchev–Trinajstić information content (AvgIpc) is 2.89. The van der Waals surface area contributed by atoms with Crippen molar-refractivity contribution in [2.24, 2.45) is 0 Å². The number of hydrogen-bond acceptors (Lipinski definition) is 0. The summed E-state index contributed by atoms with van der Waals surface area (Å²) < 4.78 is 0. The Morgan fingerprint density at radius 1 is 0.324 bits per heavy atom. The van der Waals surface area contributed by atoms with Gasteiger partial charge in [-0.15, -0.1) is 0 Å². The van der Waals surface area contributed by atoms with E-state index < -0.39 is 0 Å². The summed E-state index contributed by atoms with van der Waals surface area (Å²) in [6.07, 6.45) is 0. The van der Waals surface area contributed by atoms with Crippen LogP contribution in [0.1, 0.15) is 26.3 Å². The van der Waals surface area contributed by atoms with Gasteiger partial charge in [0.2, 0.25) is 0 Å². The van der Waals surface area contributed by atoms with E-state index in [0.29, 0.717) is 0 Å². The van der Waals surface area contributed by atoms with Crippen molar-refractivity contribution in [2.75, 3.05) is 0 Å². The van der Waals surface area contributed by atoms with Crippen LogP contribution in [0.2, 0.25) is 0 Å². The molecule has 0 saturated carbocycles. The van der Waals surface area contributed by atoms with Crippen molar-refractivity contribution in [1.82, 2.24) is 0 Å². The summed E-state index contributed by atoms with van der Waals surface area (Å²) in [4.78, 5) is 0. The van der Waals surface area contributed by atoms with Crippen LogP contribution in [0, 0.1) is 0 Å². The topological polar surface area (TPSA) is 0 Å². The van der Waals surface area contributed by atoms with Crippen molar-refractivity contribution >= 4 is 0 Å². The molecule has 0 amide bonds. The van der Waals surface area contributed by atoms with Crippen LogP contribution in [0.4, 0.5) is 0 Å². The lowest BCUT2D eigenvalue weighted by Gasteiger charge is -2.27. The third-order valence-corrected chi connectivity index (χ3v) is 6.42. The molecule has 0 saturated heterocycles. The largest absolute Gasteiger partial charge is 0.0622 e. The smallest absolute Gasteiger partial charge is 0.0120 e. The molecule has 0 aliphatic rings. The van der Waals surface area contributed by atoms with Gasteiger partial charge < -0.3 is 0 Å². The molecule has 0 bridgehead atoms. The minimum absolute atomic E-state index is 0.00211. The molecule has 5 aromatic carbocycles. The van der Waals surface area contributed by atoms with Crippen LogP contribution in [0.5, 0.6) is 0 Å². The summed E-state index contributed by atoms with van der Waals surface area (Å²) in [6, 6.07) is 45.8. The lowest BCUT2D eigenvalue weighted by atomic mass is 9.77. The van der Waals surface area contributed by atoms with E-state index in [1.54, 1.807) is 0 Å². The van der Waals surface area contributed by atoms with Crippen molar-refractivity contribution in [2.45, 2.75) is 26.2 Å².